The topological polar surface area (TPSA) is 55.1 Å². The fourth-order valence-electron chi connectivity index (χ4n) is 1.54. The summed E-state index contributed by atoms with van der Waals surface area (Å²) in [7, 11) is 1.55. The number of methoxy groups -OCH3 is 1. The molecule has 4 nitrogen and oxygen atoms in total. The molecule has 1 heterocycles. The van der Waals surface area contributed by atoms with Crippen molar-refractivity contribution < 1.29 is 9.47 Å². The van der Waals surface area contributed by atoms with Gasteiger partial charge in [0.1, 0.15) is 11.5 Å². The van der Waals surface area contributed by atoms with Crippen molar-refractivity contribution in [3.8, 4) is 23.4 Å². The summed E-state index contributed by atoms with van der Waals surface area (Å²) in [4.78, 5) is 4.18. The van der Waals surface area contributed by atoms with Crippen LogP contribution in [-0.4, -0.2) is 12.1 Å². The number of nitrogens with zero attached hydrogens (tertiary/aromatic N) is 2. The van der Waals surface area contributed by atoms with E-state index in [0.29, 0.717) is 28.3 Å². The van der Waals surface area contributed by atoms with Crippen molar-refractivity contribution >= 4 is 15.9 Å². The summed E-state index contributed by atoms with van der Waals surface area (Å²) in [6.45, 7) is 0. The van der Waals surface area contributed by atoms with Crippen LogP contribution < -0.4 is 9.47 Å². The molecule has 1 aromatic carbocycles. The number of rotatable bonds is 4. The van der Waals surface area contributed by atoms with Crippen LogP contribution in [0.15, 0.2) is 36.5 Å². The van der Waals surface area contributed by atoms with E-state index in [0.717, 1.165) is 5.56 Å². The van der Waals surface area contributed by atoms with Crippen molar-refractivity contribution in [1.29, 1.82) is 5.26 Å². The van der Waals surface area contributed by atoms with Crippen molar-refractivity contribution in [3.05, 3.63) is 47.7 Å². The fraction of sp³-hybridized carbons (Fsp3) is 0.143. The average molecular weight is 319 g/mol. The fourth-order valence-corrected chi connectivity index (χ4v) is 1.97. The second-order valence-electron chi connectivity index (χ2n) is 3.71. The molecule has 0 aliphatic carbocycles. The van der Waals surface area contributed by atoms with Crippen molar-refractivity contribution in [2.45, 2.75) is 5.33 Å². The maximum atomic E-state index is 8.96. The van der Waals surface area contributed by atoms with Crippen LogP contribution >= 0.6 is 15.9 Å². The summed E-state index contributed by atoms with van der Waals surface area (Å²) >= 11 is 3.38. The number of ether oxygens (including phenoxy) is 2. The Hall–Kier alpha value is -2.06. The van der Waals surface area contributed by atoms with E-state index in [1.54, 1.807) is 31.5 Å². The van der Waals surface area contributed by atoms with Crippen molar-refractivity contribution in [2.75, 3.05) is 7.11 Å². The van der Waals surface area contributed by atoms with Gasteiger partial charge in [-0.3, -0.25) is 0 Å². The zero-order valence-electron chi connectivity index (χ0n) is 10.3. The molecule has 0 fully saturated rings. The molecule has 2 rings (SSSR count). The first-order valence-electron chi connectivity index (χ1n) is 5.53. The van der Waals surface area contributed by atoms with E-state index < -0.39 is 0 Å². The van der Waals surface area contributed by atoms with Crippen LogP contribution in [-0.2, 0) is 5.33 Å². The minimum absolute atomic E-state index is 0.477. The van der Waals surface area contributed by atoms with Gasteiger partial charge in [0.15, 0.2) is 0 Å². The molecule has 0 bridgehead atoms. The smallest absolute Gasteiger partial charge is 0.223 e. The van der Waals surface area contributed by atoms with Crippen LogP contribution in [0.2, 0.25) is 0 Å². The molecule has 0 unspecified atom stereocenters. The second kappa shape index (κ2) is 6.21. The molecule has 0 spiro atoms. The molecule has 0 saturated heterocycles. The number of aromatic nitrogens is 1. The SMILES string of the molecule is COc1cc(C#N)cc(Oc2ncccc2CBr)c1. The lowest BCUT2D eigenvalue weighted by Gasteiger charge is -2.09. The highest BCUT2D eigenvalue weighted by molar-refractivity contribution is 9.08. The molecule has 0 amide bonds. The van der Waals surface area contributed by atoms with Gasteiger partial charge in [-0.25, -0.2) is 4.98 Å². The Labute approximate surface area is 119 Å². The van der Waals surface area contributed by atoms with E-state index in [9.17, 15) is 0 Å². The standard InChI is InChI=1S/C14H11BrN2O2/c1-18-12-5-10(9-16)6-13(7-12)19-14-11(8-15)3-2-4-17-14/h2-7H,8H2,1H3. The van der Waals surface area contributed by atoms with Crippen LogP contribution in [0.5, 0.6) is 17.4 Å². The van der Waals surface area contributed by atoms with Crippen molar-refractivity contribution in [1.82, 2.24) is 4.98 Å². The van der Waals surface area contributed by atoms with Gasteiger partial charge in [0.2, 0.25) is 5.88 Å². The molecular weight excluding hydrogens is 308 g/mol. The Morgan fingerprint density at radius 1 is 1.32 bits per heavy atom. The third-order valence-corrected chi connectivity index (χ3v) is 3.06. The van der Waals surface area contributed by atoms with Crippen molar-refractivity contribution in [2.24, 2.45) is 0 Å². The molecule has 1 aromatic heterocycles. The number of halogens is 1. The lowest BCUT2D eigenvalue weighted by Crippen LogP contribution is -1.94. The summed E-state index contributed by atoms with van der Waals surface area (Å²) in [5, 5.41) is 9.61. The molecule has 0 aliphatic heterocycles. The molecule has 0 aliphatic rings. The molecular formula is C14H11BrN2O2. The predicted octanol–water partition coefficient (Wildman–Crippen LogP) is 3.65. The average Bonchev–Trinajstić information content (AvgIpc) is 2.47. The largest absolute Gasteiger partial charge is 0.497 e. The summed E-state index contributed by atoms with van der Waals surface area (Å²) in [6, 6.07) is 10.8. The Morgan fingerprint density at radius 3 is 2.79 bits per heavy atom. The van der Waals surface area contributed by atoms with Gasteiger partial charge >= 0.3 is 0 Å². The molecule has 96 valence electrons. The number of nitriles is 1. The van der Waals surface area contributed by atoms with Crippen LogP contribution in [0.1, 0.15) is 11.1 Å². The minimum Gasteiger partial charge on any atom is -0.497 e. The maximum Gasteiger partial charge on any atom is 0.223 e. The number of pyridine rings is 1. The highest BCUT2D eigenvalue weighted by Crippen LogP contribution is 2.28. The van der Waals surface area contributed by atoms with Gasteiger partial charge in [-0.1, -0.05) is 22.0 Å². The lowest BCUT2D eigenvalue weighted by molar-refractivity contribution is 0.406. The molecule has 0 atom stereocenters. The minimum atomic E-state index is 0.477. The van der Waals surface area contributed by atoms with Crippen LogP contribution in [0.4, 0.5) is 0 Å². The molecule has 0 radical (unpaired) electrons. The number of benzene rings is 1. The normalized spacial score (nSPS) is 9.74. The number of hydrogen-bond donors (Lipinski definition) is 0. The zero-order valence-corrected chi connectivity index (χ0v) is 11.8. The third kappa shape index (κ3) is 3.24. The summed E-state index contributed by atoms with van der Waals surface area (Å²) in [5.74, 6) is 1.61. The number of alkyl halides is 1. The quantitative estimate of drug-likeness (QED) is 0.807. The molecule has 5 heteroatoms. The molecule has 2 aromatic rings. The first-order valence-corrected chi connectivity index (χ1v) is 6.66. The van der Waals surface area contributed by atoms with Crippen LogP contribution in [0, 0.1) is 11.3 Å². The maximum absolute atomic E-state index is 8.96. The van der Waals surface area contributed by atoms with Gasteiger partial charge in [-0.05, 0) is 18.2 Å². The highest BCUT2D eigenvalue weighted by Gasteiger charge is 2.07. The summed E-state index contributed by atoms with van der Waals surface area (Å²) in [5.41, 5.74) is 1.41. The second-order valence-corrected chi connectivity index (χ2v) is 4.27. The van der Waals surface area contributed by atoms with E-state index in [1.807, 2.05) is 12.1 Å². The van der Waals surface area contributed by atoms with Gasteiger partial charge in [0.25, 0.3) is 0 Å². The summed E-state index contributed by atoms with van der Waals surface area (Å²) < 4.78 is 10.8. The van der Waals surface area contributed by atoms with Gasteiger partial charge < -0.3 is 9.47 Å². The first-order chi connectivity index (χ1) is 9.26. The zero-order chi connectivity index (χ0) is 13.7. The lowest BCUT2D eigenvalue weighted by atomic mass is 10.2. The molecule has 19 heavy (non-hydrogen) atoms. The Kier molecular flexibility index (Phi) is 4.37. The van der Waals surface area contributed by atoms with E-state index in [-0.39, 0.29) is 0 Å². The molecule has 0 N–H and O–H groups in total. The van der Waals surface area contributed by atoms with Gasteiger partial charge in [-0.2, -0.15) is 5.26 Å². The highest BCUT2D eigenvalue weighted by atomic mass is 79.9. The van der Waals surface area contributed by atoms with Crippen LogP contribution in [0.25, 0.3) is 0 Å². The third-order valence-electron chi connectivity index (χ3n) is 2.45. The van der Waals surface area contributed by atoms with E-state index in [2.05, 4.69) is 27.0 Å². The summed E-state index contributed by atoms with van der Waals surface area (Å²) in [6.07, 6.45) is 1.66. The first kappa shape index (κ1) is 13.4. The molecule has 0 saturated carbocycles. The Balaban J connectivity index is 2.35. The number of hydrogen-bond acceptors (Lipinski definition) is 4. The van der Waals surface area contributed by atoms with E-state index >= 15 is 0 Å². The van der Waals surface area contributed by atoms with Crippen LogP contribution in [0.3, 0.4) is 0 Å². The Bertz CT molecular complexity index is 623. The van der Waals surface area contributed by atoms with E-state index in [4.69, 9.17) is 14.7 Å². The monoisotopic (exact) mass is 318 g/mol. The van der Waals surface area contributed by atoms with Gasteiger partial charge in [0, 0.05) is 23.2 Å². The predicted molar refractivity (Wildman–Crippen MR) is 74.7 cm³/mol. The van der Waals surface area contributed by atoms with Gasteiger partial charge in [0.05, 0.1) is 18.7 Å². The van der Waals surface area contributed by atoms with E-state index in [1.165, 1.54) is 0 Å². The van der Waals surface area contributed by atoms with Gasteiger partial charge in [-0.15, -0.1) is 0 Å². The Morgan fingerprint density at radius 2 is 2.11 bits per heavy atom. The van der Waals surface area contributed by atoms with Crippen molar-refractivity contribution in [3.63, 3.8) is 0 Å².